The van der Waals surface area contributed by atoms with E-state index in [1.165, 1.54) is 42.5 Å². The second-order valence-corrected chi connectivity index (χ2v) is 8.10. The Kier molecular flexibility index (Phi) is 5.86. The molecule has 0 amide bonds. The Morgan fingerprint density at radius 1 is 1.10 bits per heavy atom. The van der Waals surface area contributed by atoms with Gasteiger partial charge in [-0.1, -0.05) is 50.5 Å². The number of para-hydroxylation sites is 1. The summed E-state index contributed by atoms with van der Waals surface area (Å²) >= 11 is 0. The van der Waals surface area contributed by atoms with Gasteiger partial charge in [0.1, 0.15) is 5.82 Å². The molecule has 0 saturated heterocycles. The average Bonchev–Trinajstić information content (AvgIpc) is 3.13. The van der Waals surface area contributed by atoms with Gasteiger partial charge < -0.3 is 4.42 Å². The van der Waals surface area contributed by atoms with Gasteiger partial charge in [0.25, 0.3) is 0 Å². The molecule has 1 saturated carbocycles. The molecule has 4 rings (SSSR count). The van der Waals surface area contributed by atoms with Crippen LogP contribution in [0.25, 0.3) is 11.1 Å². The van der Waals surface area contributed by atoms with Crippen LogP contribution in [0.5, 0.6) is 0 Å². The molecule has 2 aromatic carbocycles. The van der Waals surface area contributed by atoms with Gasteiger partial charge in [0.05, 0.1) is 5.52 Å². The fourth-order valence-corrected chi connectivity index (χ4v) is 5.05. The number of aromatic amines is 1. The number of H-pyrrole nitrogens is 1. The quantitative estimate of drug-likeness (QED) is 0.584. The number of halogens is 1. The van der Waals surface area contributed by atoms with Gasteiger partial charge in [-0.3, -0.25) is 9.88 Å². The topological polar surface area (TPSA) is 49.2 Å². The molecular formula is C24H29FN2O2. The first-order valence-corrected chi connectivity index (χ1v) is 10.7. The van der Waals surface area contributed by atoms with Crippen LogP contribution in [0.4, 0.5) is 4.39 Å². The number of benzene rings is 2. The molecule has 29 heavy (non-hydrogen) atoms. The second kappa shape index (κ2) is 8.54. The van der Waals surface area contributed by atoms with Gasteiger partial charge in [-0.15, -0.1) is 0 Å². The fraction of sp³-hybridized carbons (Fsp3) is 0.458. The van der Waals surface area contributed by atoms with Crippen molar-refractivity contribution in [1.29, 1.82) is 0 Å². The number of hydrogen-bond donors (Lipinski definition) is 1. The van der Waals surface area contributed by atoms with Crippen molar-refractivity contribution >= 4 is 11.1 Å². The normalized spacial score (nSPS) is 16.5. The van der Waals surface area contributed by atoms with Crippen LogP contribution in [-0.2, 0) is 12.0 Å². The first-order chi connectivity index (χ1) is 14.1. The average molecular weight is 397 g/mol. The van der Waals surface area contributed by atoms with E-state index < -0.39 is 5.76 Å². The molecule has 1 aromatic heterocycles. The standard InChI is InChI=1S/C24H29FN2O2/c1-2-27(17-7-8-18-11-13-19(25)14-12-18)24(15-4-3-5-16-24)20-9-6-10-21-22(20)26-23(28)29-21/h6,9-14H,2-5,7-8,15-17H2,1H3,(H,26,28). The van der Waals surface area contributed by atoms with Crippen LogP contribution in [0, 0.1) is 5.82 Å². The van der Waals surface area contributed by atoms with E-state index in [9.17, 15) is 9.18 Å². The summed E-state index contributed by atoms with van der Waals surface area (Å²) in [5.41, 5.74) is 3.75. The van der Waals surface area contributed by atoms with E-state index in [0.717, 1.165) is 44.3 Å². The van der Waals surface area contributed by atoms with E-state index in [2.05, 4.69) is 22.9 Å². The lowest BCUT2D eigenvalue weighted by atomic mass is 9.74. The summed E-state index contributed by atoms with van der Waals surface area (Å²) in [4.78, 5) is 17.4. The van der Waals surface area contributed by atoms with Gasteiger partial charge in [0.2, 0.25) is 0 Å². The third-order valence-corrected chi connectivity index (χ3v) is 6.43. The summed E-state index contributed by atoms with van der Waals surface area (Å²) in [5, 5.41) is 0. The van der Waals surface area contributed by atoms with Crippen molar-refractivity contribution < 1.29 is 8.81 Å². The molecule has 0 atom stereocenters. The number of aryl methyl sites for hydroxylation is 1. The number of rotatable bonds is 7. The molecule has 0 bridgehead atoms. The number of nitrogens with one attached hydrogen (secondary N) is 1. The van der Waals surface area contributed by atoms with E-state index in [0.29, 0.717) is 5.58 Å². The summed E-state index contributed by atoms with van der Waals surface area (Å²) in [6, 6.07) is 12.8. The monoisotopic (exact) mass is 396 g/mol. The van der Waals surface area contributed by atoms with Gasteiger partial charge in [0.15, 0.2) is 5.58 Å². The Balaban J connectivity index is 1.61. The van der Waals surface area contributed by atoms with Crippen molar-refractivity contribution in [3.05, 3.63) is 70.0 Å². The molecule has 0 unspecified atom stereocenters. The van der Waals surface area contributed by atoms with Crippen LogP contribution in [0.2, 0.25) is 0 Å². The molecule has 1 heterocycles. The van der Waals surface area contributed by atoms with Gasteiger partial charge >= 0.3 is 5.76 Å². The lowest BCUT2D eigenvalue weighted by Crippen LogP contribution is -2.48. The van der Waals surface area contributed by atoms with Crippen LogP contribution in [0.15, 0.2) is 51.7 Å². The van der Waals surface area contributed by atoms with Crippen molar-refractivity contribution in [2.24, 2.45) is 0 Å². The summed E-state index contributed by atoms with van der Waals surface area (Å²) in [7, 11) is 0. The highest BCUT2D eigenvalue weighted by atomic mass is 19.1. The second-order valence-electron chi connectivity index (χ2n) is 8.10. The number of nitrogens with zero attached hydrogens (tertiary/aromatic N) is 1. The third-order valence-electron chi connectivity index (χ3n) is 6.43. The molecule has 0 spiro atoms. The Bertz CT molecular complexity index is 1000. The molecule has 154 valence electrons. The molecule has 4 nitrogen and oxygen atoms in total. The van der Waals surface area contributed by atoms with E-state index >= 15 is 0 Å². The minimum absolute atomic E-state index is 0.0812. The highest BCUT2D eigenvalue weighted by Crippen LogP contribution is 2.44. The van der Waals surface area contributed by atoms with E-state index in [1.54, 1.807) is 0 Å². The first-order valence-electron chi connectivity index (χ1n) is 10.7. The Labute approximate surface area is 170 Å². The maximum absolute atomic E-state index is 13.2. The van der Waals surface area contributed by atoms with Crippen LogP contribution < -0.4 is 5.76 Å². The van der Waals surface area contributed by atoms with Crippen LogP contribution in [0.1, 0.15) is 56.6 Å². The van der Waals surface area contributed by atoms with E-state index in [4.69, 9.17) is 4.42 Å². The number of oxazole rings is 1. The maximum Gasteiger partial charge on any atom is 0.417 e. The zero-order chi connectivity index (χ0) is 20.3. The van der Waals surface area contributed by atoms with Crippen molar-refractivity contribution in [3.63, 3.8) is 0 Å². The predicted octanol–water partition coefficient (Wildman–Crippen LogP) is 5.37. The van der Waals surface area contributed by atoms with Gasteiger partial charge in [-0.05, 0) is 68.1 Å². The van der Waals surface area contributed by atoms with E-state index in [1.807, 2.05) is 24.3 Å². The largest absolute Gasteiger partial charge is 0.417 e. The first kappa shape index (κ1) is 19.9. The molecule has 1 fully saturated rings. The zero-order valence-electron chi connectivity index (χ0n) is 17.0. The Hall–Kier alpha value is -2.40. The lowest BCUT2D eigenvalue weighted by Gasteiger charge is -2.47. The van der Waals surface area contributed by atoms with Crippen LogP contribution >= 0.6 is 0 Å². The minimum Gasteiger partial charge on any atom is -0.408 e. The molecule has 3 aromatic rings. The van der Waals surface area contributed by atoms with Crippen molar-refractivity contribution in [3.8, 4) is 0 Å². The van der Waals surface area contributed by atoms with Gasteiger partial charge in [-0.2, -0.15) is 0 Å². The SMILES string of the molecule is CCN(CCCc1ccc(F)cc1)C1(c2cccc3oc(=O)[nH]c23)CCCCC1. The zero-order valence-corrected chi connectivity index (χ0v) is 17.0. The maximum atomic E-state index is 13.2. The number of aromatic nitrogens is 1. The molecule has 1 aliphatic rings. The van der Waals surface area contributed by atoms with Crippen LogP contribution in [0.3, 0.4) is 0 Å². The Morgan fingerprint density at radius 2 is 1.86 bits per heavy atom. The van der Waals surface area contributed by atoms with Gasteiger partial charge in [0, 0.05) is 5.54 Å². The van der Waals surface area contributed by atoms with Crippen molar-refractivity contribution in [1.82, 2.24) is 9.88 Å². The third kappa shape index (κ3) is 4.01. The molecule has 0 radical (unpaired) electrons. The summed E-state index contributed by atoms with van der Waals surface area (Å²) in [5.74, 6) is -0.579. The van der Waals surface area contributed by atoms with Crippen molar-refractivity contribution in [2.75, 3.05) is 13.1 Å². The van der Waals surface area contributed by atoms with Crippen LogP contribution in [-0.4, -0.2) is 23.0 Å². The smallest absolute Gasteiger partial charge is 0.408 e. The summed E-state index contributed by atoms with van der Waals surface area (Å²) < 4.78 is 18.5. The number of fused-ring (bicyclic) bond motifs is 1. The highest BCUT2D eigenvalue weighted by Gasteiger charge is 2.40. The molecule has 1 N–H and O–H groups in total. The van der Waals surface area contributed by atoms with Crippen molar-refractivity contribution in [2.45, 2.75) is 57.4 Å². The summed E-state index contributed by atoms with van der Waals surface area (Å²) in [6.45, 7) is 4.13. The highest BCUT2D eigenvalue weighted by molar-refractivity contribution is 5.77. The molecular weight excluding hydrogens is 367 g/mol. The van der Waals surface area contributed by atoms with Gasteiger partial charge in [-0.25, -0.2) is 9.18 Å². The molecule has 0 aliphatic heterocycles. The summed E-state index contributed by atoms with van der Waals surface area (Å²) in [6.07, 6.45) is 7.75. The molecule has 5 heteroatoms. The lowest BCUT2D eigenvalue weighted by molar-refractivity contribution is 0.0516. The minimum atomic E-state index is -0.391. The van der Waals surface area contributed by atoms with E-state index in [-0.39, 0.29) is 11.4 Å². The Morgan fingerprint density at radius 3 is 2.59 bits per heavy atom. The molecule has 1 aliphatic carbocycles. The number of hydrogen-bond acceptors (Lipinski definition) is 3. The predicted molar refractivity (Wildman–Crippen MR) is 114 cm³/mol. The fourth-order valence-electron chi connectivity index (χ4n) is 5.05.